The van der Waals surface area contributed by atoms with Gasteiger partial charge in [0.05, 0.1) is 18.8 Å². The SMILES string of the molecule is CCOC(=O)c1ccn(-c2ccc(NC(=O)NCC(=O)N3CCN(c4ccccc4)CC3)cc2)n1. The second-order valence-corrected chi connectivity index (χ2v) is 7.92. The topological polar surface area (TPSA) is 109 Å². The lowest BCUT2D eigenvalue weighted by Gasteiger charge is -2.36. The summed E-state index contributed by atoms with van der Waals surface area (Å²) in [6, 6.07) is 18.2. The summed E-state index contributed by atoms with van der Waals surface area (Å²) in [6.07, 6.45) is 1.66. The minimum absolute atomic E-state index is 0.0703. The van der Waals surface area contributed by atoms with Crippen LogP contribution in [0.2, 0.25) is 0 Å². The van der Waals surface area contributed by atoms with E-state index in [2.05, 4.69) is 32.8 Å². The zero-order valence-corrected chi connectivity index (χ0v) is 19.5. The second kappa shape index (κ2) is 11.2. The number of hydrogen-bond acceptors (Lipinski definition) is 6. The van der Waals surface area contributed by atoms with Crippen LogP contribution >= 0.6 is 0 Å². The highest BCUT2D eigenvalue weighted by Crippen LogP contribution is 2.16. The lowest BCUT2D eigenvalue weighted by atomic mass is 10.2. The molecule has 10 nitrogen and oxygen atoms in total. The molecule has 1 saturated heterocycles. The lowest BCUT2D eigenvalue weighted by Crippen LogP contribution is -2.51. The highest BCUT2D eigenvalue weighted by Gasteiger charge is 2.21. The first-order chi connectivity index (χ1) is 17.0. The van der Waals surface area contributed by atoms with Crippen LogP contribution in [0.25, 0.3) is 5.69 Å². The molecule has 2 heterocycles. The second-order valence-electron chi connectivity index (χ2n) is 7.92. The number of hydrogen-bond donors (Lipinski definition) is 2. The van der Waals surface area contributed by atoms with Crippen LogP contribution in [0.15, 0.2) is 66.9 Å². The molecule has 1 aliphatic rings. The number of anilines is 2. The van der Waals surface area contributed by atoms with Gasteiger partial charge >= 0.3 is 12.0 Å². The molecule has 0 radical (unpaired) electrons. The Morgan fingerprint density at radius 2 is 1.63 bits per heavy atom. The number of carbonyl (C=O) groups is 3. The van der Waals surface area contributed by atoms with Crippen LogP contribution in [0, 0.1) is 0 Å². The molecule has 2 aromatic carbocycles. The summed E-state index contributed by atoms with van der Waals surface area (Å²) in [5.41, 5.74) is 2.65. The van der Waals surface area contributed by atoms with Crippen LogP contribution in [0.3, 0.4) is 0 Å². The van der Waals surface area contributed by atoms with Crippen molar-refractivity contribution in [3.8, 4) is 5.69 Å². The molecule has 0 saturated carbocycles. The number of nitrogens with one attached hydrogen (secondary N) is 2. The summed E-state index contributed by atoms with van der Waals surface area (Å²) < 4.78 is 6.49. The molecule has 0 unspecified atom stereocenters. The van der Waals surface area contributed by atoms with Gasteiger partial charge in [-0.1, -0.05) is 18.2 Å². The maximum atomic E-state index is 12.5. The predicted octanol–water partition coefficient (Wildman–Crippen LogP) is 2.52. The first-order valence-corrected chi connectivity index (χ1v) is 11.5. The zero-order chi connectivity index (χ0) is 24.6. The molecule has 182 valence electrons. The monoisotopic (exact) mass is 476 g/mol. The Hall–Kier alpha value is -4.34. The highest BCUT2D eigenvalue weighted by molar-refractivity contribution is 5.92. The van der Waals surface area contributed by atoms with E-state index < -0.39 is 12.0 Å². The van der Waals surface area contributed by atoms with Gasteiger partial charge in [0.1, 0.15) is 0 Å². The number of carbonyl (C=O) groups excluding carboxylic acids is 3. The first kappa shape index (κ1) is 23.8. The molecule has 2 N–H and O–H groups in total. The molecular weight excluding hydrogens is 448 g/mol. The third kappa shape index (κ3) is 6.17. The van der Waals surface area contributed by atoms with Crippen molar-refractivity contribution in [3.05, 3.63) is 72.6 Å². The largest absolute Gasteiger partial charge is 0.461 e. The third-order valence-electron chi connectivity index (χ3n) is 5.62. The molecule has 0 bridgehead atoms. The number of para-hydroxylation sites is 1. The molecule has 35 heavy (non-hydrogen) atoms. The number of rotatable bonds is 7. The summed E-state index contributed by atoms with van der Waals surface area (Å²) in [7, 11) is 0. The molecule has 1 aromatic heterocycles. The summed E-state index contributed by atoms with van der Waals surface area (Å²) in [6.45, 7) is 4.69. The minimum Gasteiger partial charge on any atom is -0.461 e. The Labute approximate surface area is 203 Å². The summed E-state index contributed by atoms with van der Waals surface area (Å²) in [4.78, 5) is 40.6. The van der Waals surface area contributed by atoms with Crippen molar-refractivity contribution in [1.82, 2.24) is 20.0 Å². The molecule has 3 amide bonds. The maximum absolute atomic E-state index is 12.5. The van der Waals surface area contributed by atoms with Gasteiger partial charge < -0.3 is 25.2 Å². The van der Waals surface area contributed by atoms with Gasteiger partial charge in [-0.3, -0.25) is 4.79 Å². The zero-order valence-electron chi connectivity index (χ0n) is 19.5. The van der Waals surface area contributed by atoms with Crippen LogP contribution in [0.4, 0.5) is 16.2 Å². The number of piperazine rings is 1. The first-order valence-electron chi connectivity index (χ1n) is 11.5. The fourth-order valence-corrected chi connectivity index (χ4v) is 3.77. The number of aromatic nitrogens is 2. The summed E-state index contributed by atoms with van der Waals surface area (Å²) >= 11 is 0. The number of benzene rings is 2. The maximum Gasteiger partial charge on any atom is 0.358 e. The Balaban J connectivity index is 1.22. The highest BCUT2D eigenvalue weighted by atomic mass is 16.5. The van der Waals surface area contributed by atoms with E-state index in [1.807, 2.05) is 18.2 Å². The average Bonchev–Trinajstić information content (AvgIpc) is 3.39. The van der Waals surface area contributed by atoms with Crippen LogP contribution in [0.1, 0.15) is 17.4 Å². The van der Waals surface area contributed by atoms with Gasteiger partial charge in [-0.25, -0.2) is 14.3 Å². The minimum atomic E-state index is -0.478. The van der Waals surface area contributed by atoms with Crippen LogP contribution in [-0.2, 0) is 9.53 Å². The van der Waals surface area contributed by atoms with E-state index in [0.29, 0.717) is 18.8 Å². The van der Waals surface area contributed by atoms with Gasteiger partial charge in [0.25, 0.3) is 0 Å². The fraction of sp³-hybridized carbons (Fsp3) is 0.280. The Morgan fingerprint density at radius 1 is 0.914 bits per heavy atom. The van der Waals surface area contributed by atoms with E-state index >= 15 is 0 Å². The van der Waals surface area contributed by atoms with E-state index in [1.165, 1.54) is 0 Å². The van der Waals surface area contributed by atoms with Crippen LogP contribution in [0.5, 0.6) is 0 Å². The fourth-order valence-electron chi connectivity index (χ4n) is 3.77. The van der Waals surface area contributed by atoms with E-state index in [1.54, 1.807) is 53.0 Å². The molecule has 1 fully saturated rings. The van der Waals surface area contributed by atoms with Crippen LogP contribution in [-0.4, -0.2) is 71.9 Å². The van der Waals surface area contributed by atoms with E-state index in [-0.39, 0.29) is 24.8 Å². The van der Waals surface area contributed by atoms with Gasteiger partial charge in [0, 0.05) is 43.8 Å². The van der Waals surface area contributed by atoms with Crippen molar-refractivity contribution < 1.29 is 19.1 Å². The molecule has 1 aliphatic heterocycles. The third-order valence-corrected chi connectivity index (χ3v) is 5.62. The normalized spacial score (nSPS) is 13.3. The Bertz CT molecular complexity index is 1150. The smallest absolute Gasteiger partial charge is 0.358 e. The van der Waals surface area contributed by atoms with Crippen molar-refractivity contribution >= 4 is 29.3 Å². The van der Waals surface area contributed by atoms with Crippen molar-refractivity contribution in [1.29, 1.82) is 0 Å². The number of urea groups is 1. The van der Waals surface area contributed by atoms with E-state index in [4.69, 9.17) is 4.74 Å². The number of ether oxygens (including phenoxy) is 1. The molecule has 0 atom stereocenters. The Morgan fingerprint density at radius 3 is 2.31 bits per heavy atom. The molecule has 0 spiro atoms. The molecule has 3 aromatic rings. The average molecular weight is 477 g/mol. The van der Waals surface area contributed by atoms with E-state index in [0.717, 1.165) is 24.5 Å². The van der Waals surface area contributed by atoms with Gasteiger partial charge in [-0.15, -0.1) is 0 Å². The van der Waals surface area contributed by atoms with Crippen LogP contribution < -0.4 is 15.5 Å². The predicted molar refractivity (Wildman–Crippen MR) is 132 cm³/mol. The van der Waals surface area contributed by atoms with Gasteiger partial charge in [-0.05, 0) is 49.4 Å². The molecule has 10 heteroatoms. The number of esters is 1. The molecule has 4 rings (SSSR count). The van der Waals surface area contributed by atoms with Crippen molar-refractivity contribution in [2.24, 2.45) is 0 Å². The standard InChI is InChI=1S/C25H28N6O4/c1-2-35-24(33)22-12-13-31(28-22)21-10-8-19(9-11-21)27-25(34)26-18-23(32)30-16-14-29(15-17-30)20-6-4-3-5-7-20/h3-13H,2,14-18H2,1H3,(H2,26,27,34). The van der Waals surface area contributed by atoms with E-state index in [9.17, 15) is 14.4 Å². The lowest BCUT2D eigenvalue weighted by molar-refractivity contribution is -0.130. The number of nitrogens with zero attached hydrogens (tertiary/aromatic N) is 4. The van der Waals surface area contributed by atoms with Gasteiger partial charge in [0.15, 0.2) is 5.69 Å². The summed E-state index contributed by atoms with van der Waals surface area (Å²) in [5.74, 6) is -0.590. The van der Waals surface area contributed by atoms with Crippen molar-refractivity contribution in [2.75, 3.05) is 49.5 Å². The van der Waals surface area contributed by atoms with Gasteiger partial charge in [0.2, 0.25) is 5.91 Å². The summed E-state index contributed by atoms with van der Waals surface area (Å²) in [5, 5.41) is 9.54. The van der Waals surface area contributed by atoms with Gasteiger partial charge in [-0.2, -0.15) is 5.10 Å². The molecular formula is C25H28N6O4. The Kier molecular flexibility index (Phi) is 7.61. The quantitative estimate of drug-likeness (QED) is 0.508. The molecule has 0 aliphatic carbocycles. The van der Waals surface area contributed by atoms with Crippen molar-refractivity contribution in [3.63, 3.8) is 0 Å². The van der Waals surface area contributed by atoms with Crippen molar-refractivity contribution in [2.45, 2.75) is 6.92 Å². The number of amides is 3.